The summed E-state index contributed by atoms with van der Waals surface area (Å²) in [6, 6.07) is 5.84. The summed E-state index contributed by atoms with van der Waals surface area (Å²) in [5, 5.41) is 9.72. The van der Waals surface area contributed by atoms with Crippen molar-refractivity contribution in [1.82, 2.24) is 4.98 Å². The standard InChI is InChI=1S/C13H8Cl3NO3/c14-7-2-3-8(15)13(16)12(7)6-1-4-10(18)17-9(6)5-11(19)20/h1-4H,5H2,(H,17,18)(H,19,20). The van der Waals surface area contributed by atoms with Gasteiger partial charge < -0.3 is 10.1 Å². The molecule has 104 valence electrons. The number of aliphatic carboxylic acids is 1. The van der Waals surface area contributed by atoms with Crippen LogP contribution >= 0.6 is 34.8 Å². The number of hydrogen-bond donors (Lipinski definition) is 2. The summed E-state index contributed by atoms with van der Waals surface area (Å²) in [5.74, 6) is -1.08. The van der Waals surface area contributed by atoms with Gasteiger partial charge in [0.1, 0.15) is 0 Å². The molecule has 20 heavy (non-hydrogen) atoms. The van der Waals surface area contributed by atoms with Crippen LogP contribution in [0.25, 0.3) is 11.1 Å². The number of aromatic amines is 1. The second-order valence-corrected chi connectivity index (χ2v) is 5.20. The van der Waals surface area contributed by atoms with E-state index in [4.69, 9.17) is 39.9 Å². The molecule has 1 aromatic heterocycles. The highest BCUT2D eigenvalue weighted by atomic mass is 35.5. The monoisotopic (exact) mass is 331 g/mol. The SMILES string of the molecule is O=C(O)Cc1[nH]c(=O)ccc1-c1c(Cl)ccc(Cl)c1Cl. The van der Waals surface area contributed by atoms with Gasteiger partial charge in [-0.05, 0) is 18.2 Å². The molecule has 7 heteroatoms. The summed E-state index contributed by atoms with van der Waals surface area (Å²) in [7, 11) is 0. The molecule has 0 atom stereocenters. The third-order valence-electron chi connectivity index (χ3n) is 2.64. The molecule has 0 amide bonds. The van der Waals surface area contributed by atoms with Gasteiger partial charge in [0.25, 0.3) is 0 Å². The van der Waals surface area contributed by atoms with Gasteiger partial charge in [0.2, 0.25) is 5.56 Å². The van der Waals surface area contributed by atoms with Crippen LogP contribution in [0.2, 0.25) is 15.1 Å². The molecule has 0 saturated heterocycles. The minimum absolute atomic E-state index is 0.206. The first-order chi connectivity index (χ1) is 9.40. The van der Waals surface area contributed by atoms with Crippen LogP contribution < -0.4 is 5.56 Å². The highest BCUT2D eigenvalue weighted by Crippen LogP contribution is 2.39. The van der Waals surface area contributed by atoms with Gasteiger partial charge >= 0.3 is 5.97 Å². The van der Waals surface area contributed by atoms with Crippen molar-refractivity contribution in [1.29, 1.82) is 0 Å². The van der Waals surface area contributed by atoms with Crippen LogP contribution in [-0.4, -0.2) is 16.1 Å². The quantitative estimate of drug-likeness (QED) is 0.843. The van der Waals surface area contributed by atoms with Crippen molar-refractivity contribution in [3.63, 3.8) is 0 Å². The van der Waals surface area contributed by atoms with E-state index in [1.54, 1.807) is 6.07 Å². The Hall–Kier alpha value is -1.49. The zero-order valence-electron chi connectivity index (χ0n) is 9.91. The topological polar surface area (TPSA) is 70.2 Å². The van der Waals surface area contributed by atoms with Gasteiger partial charge in [-0.1, -0.05) is 34.8 Å². The first kappa shape index (κ1) is 14.9. The number of nitrogens with one attached hydrogen (secondary N) is 1. The lowest BCUT2D eigenvalue weighted by atomic mass is 10.0. The number of pyridine rings is 1. The Kier molecular flexibility index (Phi) is 4.38. The van der Waals surface area contributed by atoms with E-state index in [0.29, 0.717) is 21.2 Å². The van der Waals surface area contributed by atoms with Crippen LogP contribution in [0.15, 0.2) is 29.1 Å². The molecule has 0 aliphatic rings. The molecular formula is C13H8Cl3NO3. The number of benzene rings is 1. The molecule has 0 bridgehead atoms. The largest absolute Gasteiger partial charge is 0.481 e. The lowest BCUT2D eigenvalue weighted by Gasteiger charge is -2.12. The van der Waals surface area contributed by atoms with E-state index in [0.717, 1.165) is 0 Å². The van der Waals surface area contributed by atoms with E-state index in [9.17, 15) is 9.59 Å². The van der Waals surface area contributed by atoms with E-state index in [-0.39, 0.29) is 17.1 Å². The minimum Gasteiger partial charge on any atom is -0.481 e. The smallest absolute Gasteiger partial charge is 0.309 e. The van der Waals surface area contributed by atoms with Crippen LogP contribution in [0.1, 0.15) is 5.69 Å². The highest BCUT2D eigenvalue weighted by molar-refractivity contribution is 6.46. The third kappa shape index (κ3) is 2.98. The fraction of sp³-hybridized carbons (Fsp3) is 0.0769. The molecule has 2 N–H and O–H groups in total. The molecule has 0 unspecified atom stereocenters. The molecule has 0 aliphatic carbocycles. The Labute approximate surface area is 128 Å². The van der Waals surface area contributed by atoms with E-state index < -0.39 is 11.5 Å². The van der Waals surface area contributed by atoms with E-state index >= 15 is 0 Å². The minimum atomic E-state index is -1.08. The first-order valence-corrected chi connectivity index (χ1v) is 6.61. The fourth-order valence-corrected chi connectivity index (χ4v) is 2.55. The maximum Gasteiger partial charge on any atom is 0.309 e. The van der Waals surface area contributed by atoms with Crippen molar-refractivity contribution in [2.75, 3.05) is 0 Å². The van der Waals surface area contributed by atoms with E-state index in [1.807, 2.05) is 0 Å². The summed E-state index contributed by atoms with van der Waals surface area (Å²) in [4.78, 5) is 24.7. The summed E-state index contributed by atoms with van der Waals surface area (Å²) in [6.07, 6.45) is -0.357. The maximum absolute atomic E-state index is 11.4. The number of aromatic nitrogens is 1. The summed E-state index contributed by atoms with van der Waals surface area (Å²) >= 11 is 18.2. The maximum atomic E-state index is 11.4. The molecule has 0 fully saturated rings. The number of rotatable bonds is 3. The number of carboxylic acids is 1. The number of H-pyrrole nitrogens is 1. The Morgan fingerprint density at radius 1 is 1.10 bits per heavy atom. The number of halogens is 3. The summed E-state index contributed by atoms with van der Waals surface area (Å²) < 4.78 is 0. The Morgan fingerprint density at radius 3 is 2.40 bits per heavy atom. The molecule has 0 radical (unpaired) electrons. The lowest BCUT2D eigenvalue weighted by molar-refractivity contribution is -0.136. The van der Waals surface area contributed by atoms with E-state index in [2.05, 4.69) is 4.98 Å². The molecule has 0 spiro atoms. The highest BCUT2D eigenvalue weighted by Gasteiger charge is 2.17. The van der Waals surface area contributed by atoms with Crippen LogP contribution in [0.5, 0.6) is 0 Å². The van der Waals surface area contributed by atoms with Gasteiger partial charge in [0.05, 0.1) is 21.5 Å². The Morgan fingerprint density at radius 2 is 1.75 bits per heavy atom. The lowest BCUT2D eigenvalue weighted by Crippen LogP contribution is -2.12. The van der Waals surface area contributed by atoms with Crippen molar-refractivity contribution in [3.05, 3.63) is 55.4 Å². The molecule has 2 aromatic rings. The normalized spacial score (nSPS) is 10.6. The van der Waals surface area contributed by atoms with Crippen molar-refractivity contribution in [2.24, 2.45) is 0 Å². The van der Waals surface area contributed by atoms with Crippen molar-refractivity contribution in [3.8, 4) is 11.1 Å². The number of carboxylic acid groups (broad SMARTS) is 1. The average molecular weight is 333 g/mol. The first-order valence-electron chi connectivity index (χ1n) is 5.48. The van der Waals surface area contributed by atoms with Gasteiger partial charge in [-0.3, -0.25) is 9.59 Å². The van der Waals surface area contributed by atoms with Gasteiger partial charge in [0.15, 0.2) is 0 Å². The predicted molar refractivity (Wildman–Crippen MR) is 78.9 cm³/mol. The third-order valence-corrected chi connectivity index (χ3v) is 3.76. The summed E-state index contributed by atoms with van der Waals surface area (Å²) in [6.45, 7) is 0. The fourth-order valence-electron chi connectivity index (χ4n) is 1.82. The predicted octanol–water partition coefficient (Wildman–Crippen LogP) is 3.63. The van der Waals surface area contributed by atoms with Crippen LogP contribution in [0, 0.1) is 0 Å². The number of hydrogen-bond acceptors (Lipinski definition) is 2. The Balaban J connectivity index is 2.73. The molecule has 0 aliphatic heterocycles. The molecule has 1 aromatic carbocycles. The molecular weight excluding hydrogens is 325 g/mol. The van der Waals surface area contributed by atoms with Gasteiger partial charge in [0, 0.05) is 22.9 Å². The van der Waals surface area contributed by atoms with Crippen LogP contribution in [0.4, 0.5) is 0 Å². The van der Waals surface area contributed by atoms with Gasteiger partial charge in [-0.25, -0.2) is 0 Å². The van der Waals surface area contributed by atoms with Crippen molar-refractivity contribution >= 4 is 40.8 Å². The second-order valence-electron chi connectivity index (χ2n) is 4.00. The second kappa shape index (κ2) is 5.87. The van der Waals surface area contributed by atoms with Crippen molar-refractivity contribution in [2.45, 2.75) is 6.42 Å². The average Bonchev–Trinajstić information content (AvgIpc) is 2.36. The van der Waals surface area contributed by atoms with Gasteiger partial charge in [-0.15, -0.1) is 0 Å². The molecule has 0 saturated carbocycles. The van der Waals surface area contributed by atoms with Crippen molar-refractivity contribution < 1.29 is 9.90 Å². The zero-order chi connectivity index (χ0) is 14.9. The zero-order valence-corrected chi connectivity index (χ0v) is 12.2. The van der Waals surface area contributed by atoms with Crippen LogP contribution in [-0.2, 0) is 11.2 Å². The summed E-state index contributed by atoms with van der Waals surface area (Å²) in [5.41, 5.74) is 0.646. The van der Waals surface area contributed by atoms with E-state index in [1.165, 1.54) is 18.2 Å². The molecule has 4 nitrogen and oxygen atoms in total. The Bertz CT molecular complexity index is 740. The molecule has 1 heterocycles. The van der Waals surface area contributed by atoms with Gasteiger partial charge in [-0.2, -0.15) is 0 Å². The number of carbonyl (C=O) groups is 1. The van der Waals surface area contributed by atoms with Crippen LogP contribution in [0.3, 0.4) is 0 Å². The molecule has 2 rings (SSSR count).